The third-order valence-electron chi connectivity index (χ3n) is 7.27. The van der Waals surface area contributed by atoms with E-state index >= 15 is 0 Å². The molecular weight excluding hydrogens is 390 g/mol. The summed E-state index contributed by atoms with van der Waals surface area (Å²) >= 11 is 0. The van der Waals surface area contributed by atoms with Crippen molar-refractivity contribution in [1.29, 1.82) is 0 Å². The lowest BCUT2D eigenvalue weighted by Crippen LogP contribution is -2.46. The minimum Gasteiger partial charge on any atom is -0.477 e. The third-order valence-corrected chi connectivity index (χ3v) is 7.27. The molecule has 0 spiro atoms. The first-order valence-electron chi connectivity index (χ1n) is 11.6. The topological polar surface area (TPSA) is 65.3 Å². The Labute approximate surface area is 182 Å². The van der Waals surface area contributed by atoms with E-state index in [0.717, 1.165) is 35.8 Å². The molecule has 0 radical (unpaired) electrons. The largest absolute Gasteiger partial charge is 0.477 e. The average Bonchev–Trinajstić information content (AvgIpc) is 3.44. The molecule has 1 aliphatic carbocycles. The highest BCUT2D eigenvalue weighted by Gasteiger charge is 2.38. The summed E-state index contributed by atoms with van der Waals surface area (Å²) in [6, 6.07) is 7.55. The van der Waals surface area contributed by atoms with E-state index in [0.29, 0.717) is 30.7 Å². The van der Waals surface area contributed by atoms with E-state index in [2.05, 4.69) is 37.8 Å². The van der Waals surface area contributed by atoms with Crippen molar-refractivity contribution >= 4 is 16.7 Å². The van der Waals surface area contributed by atoms with Gasteiger partial charge in [-0.2, -0.15) is 4.98 Å². The van der Waals surface area contributed by atoms with Gasteiger partial charge in [0.1, 0.15) is 5.82 Å². The van der Waals surface area contributed by atoms with Crippen LogP contribution in [-0.2, 0) is 4.74 Å². The molecular formula is C24H29N5O2. The second-order valence-electron chi connectivity index (χ2n) is 9.18. The van der Waals surface area contributed by atoms with E-state index in [-0.39, 0.29) is 0 Å². The van der Waals surface area contributed by atoms with Crippen LogP contribution in [0, 0.1) is 5.92 Å². The molecule has 2 unspecified atom stereocenters. The fraction of sp³-hybridized carbons (Fsp3) is 0.542. The van der Waals surface area contributed by atoms with Gasteiger partial charge in [-0.25, -0.2) is 4.98 Å². The molecule has 5 heterocycles. The summed E-state index contributed by atoms with van der Waals surface area (Å²) in [5, 5.41) is 0.999. The molecule has 0 N–H and O–H groups in total. The molecule has 162 valence electrons. The van der Waals surface area contributed by atoms with Crippen molar-refractivity contribution in [3.63, 3.8) is 0 Å². The Morgan fingerprint density at radius 2 is 1.81 bits per heavy atom. The monoisotopic (exact) mass is 419 g/mol. The number of imidazole rings is 1. The van der Waals surface area contributed by atoms with Gasteiger partial charge in [-0.3, -0.25) is 4.98 Å². The predicted molar refractivity (Wildman–Crippen MR) is 118 cm³/mol. The maximum atomic E-state index is 6.38. The first kappa shape index (κ1) is 19.0. The Hall–Kier alpha value is -2.67. The molecule has 3 aromatic heterocycles. The predicted octanol–water partition coefficient (Wildman–Crippen LogP) is 4.00. The summed E-state index contributed by atoms with van der Waals surface area (Å²) in [5.74, 6) is 2.28. The highest BCUT2D eigenvalue weighted by atomic mass is 16.5. The molecule has 7 nitrogen and oxygen atoms in total. The Balaban J connectivity index is 1.19. The third kappa shape index (κ3) is 3.65. The van der Waals surface area contributed by atoms with Gasteiger partial charge >= 0.3 is 0 Å². The van der Waals surface area contributed by atoms with Gasteiger partial charge in [-0.05, 0) is 56.6 Å². The van der Waals surface area contributed by atoms with Crippen LogP contribution in [0.4, 0.5) is 5.82 Å². The Morgan fingerprint density at radius 1 is 1.00 bits per heavy atom. The van der Waals surface area contributed by atoms with Gasteiger partial charge in [0.15, 0.2) is 0 Å². The van der Waals surface area contributed by atoms with E-state index in [1.54, 1.807) is 0 Å². The summed E-state index contributed by atoms with van der Waals surface area (Å²) in [6.07, 6.45) is 14.8. The van der Waals surface area contributed by atoms with Gasteiger partial charge < -0.3 is 18.9 Å². The zero-order valence-corrected chi connectivity index (χ0v) is 17.8. The molecule has 2 aliphatic heterocycles. The number of anilines is 1. The minimum absolute atomic E-state index is 0.415. The molecule has 2 saturated heterocycles. The SMILES string of the molecule is c1cnc2cc(N3C4CCC3COC4)nc(OCC3CCC(n4ccnc4)CC3)c2c1. The number of fused-ring (bicyclic) bond motifs is 3. The van der Waals surface area contributed by atoms with E-state index in [1.807, 2.05) is 24.8 Å². The summed E-state index contributed by atoms with van der Waals surface area (Å²) < 4.78 is 14.4. The molecule has 1 saturated carbocycles. The highest BCUT2D eigenvalue weighted by molar-refractivity contribution is 5.86. The first-order chi connectivity index (χ1) is 15.3. The minimum atomic E-state index is 0.415. The summed E-state index contributed by atoms with van der Waals surface area (Å²) in [5.41, 5.74) is 0.956. The molecule has 31 heavy (non-hydrogen) atoms. The summed E-state index contributed by atoms with van der Waals surface area (Å²) in [6.45, 7) is 2.29. The number of nitrogens with zero attached hydrogens (tertiary/aromatic N) is 5. The molecule has 3 aliphatic rings. The van der Waals surface area contributed by atoms with Crippen molar-refractivity contribution in [2.45, 2.75) is 56.7 Å². The molecule has 3 aromatic rings. The van der Waals surface area contributed by atoms with E-state index in [4.69, 9.17) is 14.5 Å². The average molecular weight is 420 g/mol. The van der Waals surface area contributed by atoms with E-state index in [1.165, 1.54) is 38.5 Å². The van der Waals surface area contributed by atoms with Gasteiger partial charge in [0.05, 0.1) is 49.1 Å². The maximum absolute atomic E-state index is 6.38. The van der Waals surface area contributed by atoms with Crippen molar-refractivity contribution < 1.29 is 9.47 Å². The molecule has 6 rings (SSSR count). The van der Waals surface area contributed by atoms with Crippen LogP contribution >= 0.6 is 0 Å². The number of aromatic nitrogens is 4. The molecule has 3 fully saturated rings. The highest BCUT2D eigenvalue weighted by Crippen LogP contribution is 2.37. The molecule has 2 bridgehead atoms. The van der Waals surface area contributed by atoms with Crippen LogP contribution in [0.15, 0.2) is 43.1 Å². The van der Waals surface area contributed by atoms with Crippen LogP contribution in [0.2, 0.25) is 0 Å². The lowest BCUT2D eigenvalue weighted by Gasteiger charge is -2.36. The fourth-order valence-electron chi connectivity index (χ4n) is 5.57. The van der Waals surface area contributed by atoms with Crippen molar-refractivity contribution in [2.24, 2.45) is 5.92 Å². The number of morpholine rings is 1. The van der Waals surface area contributed by atoms with Crippen molar-refractivity contribution in [1.82, 2.24) is 19.5 Å². The van der Waals surface area contributed by atoms with E-state index in [9.17, 15) is 0 Å². The first-order valence-corrected chi connectivity index (χ1v) is 11.6. The smallest absolute Gasteiger partial charge is 0.224 e. The van der Waals surface area contributed by atoms with Crippen molar-refractivity contribution in [2.75, 3.05) is 24.7 Å². The number of pyridine rings is 2. The van der Waals surface area contributed by atoms with Gasteiger partial charge in [0.2, 0.25) is 5.88 Å². The Kier molecular flexibility index (Phi) is 4.98. The summed E-state index contributed by atoms with van der Waals surface area (Å²) in [4.78, 5) is 16.3. The van der Waals surface area contributed by atoms with Crippen LogP contribution in [-0.4, -0.2) is 51.4 Å². The molecule has 0 aromatic carbocycles. The Bertz CT molecular complexity index is 1020. The number of rotatable bonds is 5. The molecule has 0 amide bonds. The van der Waals surface area contributed by atoms with Crippen LogP contribution in [0.3, 0.4) is 0 Å². The summed E-state index contributed by atoms with van der Waals surface area (Å²) in [7, 11) is 0. The zero-order chi connectivity index (χ0) is 20.6. The van der Waals surface area contributed by atoms with Crippen LogP contribution in [0.25, 0.3) is 10.9 Å². The van der Waals surface area contributed by atoms with Gasteiger partial charge in [0, 0.05) is 30.7 Å². The van der Waals surface area contributed by atoms with Crippen molar-refractivity contribution in [3.05, 3.63) is 43.1 Å². The van der Waals surface area contributed by atoms with Gasteiger partial charge in [-0.1, -0.05) is 0 Å². The van der Waals surface area contributed by atoms with Crippen LogP contribution < -0.4 is 9.64 Å². The van der Waals surface area contributed by atoms with Crippen LogP contribution in [0.5, 0.6) is 5.88 Å². The molecule has 7 heteroatoms. The number of ether oxygens (including phenoxy) is 2. The van der Waals surface area contributed by atoms with Crippen LogP contribution in [0.1, 0.15) is 44.6 Å². The molecule has 2 atom stereocenters. The fourth-order valence-corrected chi connectivity index (χ4v) is 5.57. The zero-order valence-electron chi connectivity index (χ0n) is 17.8. The normalized spacial score (nSPS) is 28.2. The Morgan fingerprint density at radius 3 is 2.58 bits per heavy atom. The number of hydrogen-bond acceptors (Lipinski definition) is 6. The lowest BCUT2D eigenvalue weighted by atomic mass is 9.86. The van der Waals surface area contributed by atoms with Crippen molar-refractivity contribution in [3.8, 4) is 5.88 Å². The second kappa shape index (κ2) is 8.11. The quantitative estimate of drug-likeness (QED) is 0.623. The second-order valence-corrected chi connectivity index (χ2v) is 9.18. The van der Waals surface area contributed by atoms with Gasteiger partial charge in [-0.15, -0.1) is 0 Å². The van der Waals surface area contributed by atoms with E-state index < -0.39 is 0 Å². The van der Waals surface area contributed by atoms with Gasteiger partial charge in [0.25, 0.3) is 0 Å². The lowest BCUT2D eigenvalue weighted by molar-refractivity contribution is 0.0901. The standard InChI is InChI=1S/C24H29N5O2/c1-2-21-22(26-9-1)12-23(29-19-7-8-20(29)15-30-14-19)27-24(21)31-13-17-3-5-18(6-4-17)28-11-10-25-16-28/h1-2,9-12,16-20H,3-8,13-15H2. The maximum Gasteiger partial charge on any atom is 0.224 e. The number of hydrogen-bond donors (Lipinski definition) is 0.